The van der Waals surface area contributed by atoms with E-state index in [1.165, 1.54) is 11.8 Å². The third-order valence-corrected chi connectivity index (χ3v) is 6.46. The summed E-state index contributed by atoms with van der Waals surface area (Å²) in [4.78, 5) is 67.2. The van der Waals surface area contributed by atoms with E-state index in [4.69, 9.17) is 10.8 Å². The van der Waals surface area contributed by atoms with Crippen LogP contribution in [0.25, 0.3) is 0 Å². The van der Waals surface area contributed by atoms with Crippen molar-refractivity contribution in [3.63, 3.8) is 0 Å². The molecule has 2 aromatic rings. The number of nitrogens with zero attached hydrogens (tertiary/aromatic N) is 2. The van der Waals surface area contributed by atoms with Gasteiger partial charge in [-0.1, -0.05) is 24.3 Å². The number of amides is 1. The summed E-state index contributed by atoms with van der Waals surface area (Å²) in [6, 6.07) is 6.56. The molecule has 0 bridgehead atoms. The van der Waals surface area contributed by atoms with Crippen molar-refractivity contribution in [2.75, 3.05) is 10.6 Å². The lowest BCUT2D eigenvalue weighted by Crippen LogP contribution is -2.42. The summed E-state index contributed by atoms with van der Waals surface area (Å²) < 4.78 is 0. The predicted molar refractivity (Wildman–Crippen MR) is 126 cm³/mol. The molecule has 1 aromatic carbocycles. The van der Waals surface area contributed by atoms with Gasteiger partial charge in [-0.25, -0.2) is 4.98 Å². The van der Waals surface area contributed by atoms with E-state index in [9.17, 15) is 29.1 Å². The molecule has 0 aliphatic carbocycles. The first-order valence-corrected chi connectivity index (χ1v) is 11.2. The minimum absolute atomic E-state index is 0.0123. The fourth-order valence-corrected chi connectivity index (χ4v) is 4.32. The number of benzene rings is 1. The number of nitrogens with one attached hydrogen (secondary N) is 1. The second kappa shape index (κ2) is 10.5. The molecule has 0 saturated carbocycles. The average Bonchev–Trinajstić information content (AvgIpc) is 2.81. The molecule has 2 atom stereocenters. The third kappa shape index (κ3) is 5.92. The topological polar surface area (TPSA) is 184 Å². The molecule has 0 fully saturated rings. The summed E-state index contributed by atoms with van der Waals surface area (Å²) in [7, 11) is 0. The number of H-pyrrole nitrogens is 1. The first kappa shape index (κ1) is 25.6. The van der Waals surface area contributed by atoms with Crippen LogP contribution >= 0.6 is 0 Å². The van der Waals surface area contributed by atoms with Gasteiger partial charge in [0, 0.05) is 24.4 Å². The van der Waals surface area contributed by atoms with E-state index in [-0.39, 0.29) is 42.7 Å². The highest BCUT2D eigenvalue weighted by molar-refractivity contribution is 5.98. The normalized spacial score (nSPS) is 16.7. The van der Waals surface area contributed by atoms with Crippen molar-refractivity contribution in [2.45, 2.75) is 57.9 Å². The quantitative estimate of drug-likeness (QED) is 0.273. The number of ketones is 1. The number of carbonyl (C=O) groups is 4. The van der Waals surface area contributed by atoms with Crippen LogP contribution < -0.4 is 16.2 Å². The van der Waals surface area contributed by atoms with Crippen LogP contribution in [-0.4, -0.2) is 50.4 Å². The minimum Gasteiger partial charge on any atom is -0.481 e. The van der Waals surface area contributed by atoms with Gasteiger partial charge in [0.15, 0.2) is 5.78 Å². The lowest BCUT2D eigenvalue weighted by molar-refractivity contribution is -0.149. The van der Waals surface area contributed by atoms with Crippen molar-refractivity contribution in [1.29, 1.82) is 0 Å². The third-order valence-electron chi connectivity index (χ3n) is 6.46. The zero-order valence-electron chi connectivity index (χ0n) is 19.3. The van der Waals surface area contributed by atoms with Gasteiger partial charge in [-0.15, -0.1) is 0 Å². The van der Waals surface area contributed by atoms with Gasteiger partial charge < -0.3 is 20.8 Å². The Morgan fingerprint density at radius 3 is 2.54 bits per heavy atom. The summed E-state index contributed by atoms with van der Waals surface area (Å²) in [5, 5.41) is 18.4. The number of nitrogens with two attached hydrogens (primary N) is 1. The molecule has 11 nitrogen and oxygen atoms in total. The van der Waals surface area contributed by atoms with Crippen molar-refractivity contribution in [3.8, 4) is 0 Å². The maximum Gasteiger partial charge on any atom is 0.309 e. The monoisotopic (exact) mass is 484 g/mol. The van der Waals surface area contributed by atoms with Crippen molar-refractivity contribution >= 4 is 35.8 Å². The molecule has 2 unspecified atom stereocenters. The van der Waals surface area contributed by atoms with Crippen molar-refractivity contribution in [2.24, 2.45) is 5.41 Å². The van der Waals surface area contributed by atoms with Crippen molar-refractivity contribution < 1.29 is 29.4 Å². The van der Waals surface area contributed by atoms with Crippen LogP contribution in [0, 0.1) is 5.41 Å². The van der Waals surface area contributed by atoms with E-state index in [0.717, 1.165) is 5.56 Å². The van der Waals surface area contributed by atoms with Crippen LogP contribution in [0.5, 0.6) is 0 Å². The molecule has 3 rings (SSSR count). The highest BCUT2D eigenvalue weighted by Crippen LogP contribution is 2.31. The molecule has 11 heteroatoms. The number of fused-ring (bicyclic) bond motifs is 1. The zero-order valence-corrected chi connectivity index (χ0v) is 19.3. The first-order valence-electron chi connectivity index (χ1n) is 11.2. The Hall–Kier alpha value is -4.02. The molecule has 186 valence electrons. The molecule has 2 heterocycles. The van der Waals surface area contributed by atoms with Crippen LogP contribution in [0.1, 0.15) is 60.6 Å². The van der Waals surface area contributed by atoms with Crippen LogP contribution in [0.4, 0.5) is 11.6 Å². The van der Waals surface area contributed by atoms with Crippen LogP contribution in [0.2, 0.25) is 0 Å². The number of carboxylic acid groups (broad SMARTS) is 2. The molecular formula is C24H28N4O7. The van der Waals surface area contributed by atoms with Gasteiger partial charge in [-0.3, -0.25) is 29.0 Å². The molecule has 1 aromatic heterocycles. The lowest BCUT2D eigenvalue weighted by atomic mass is 9.79. The number of nitrogen functional groups attached to an aromatic ring is 1. The van der Waals surface area contributed by atoms with Gasteiger partial charge in [0.2, 0.25) is 12.4 Å². The molecule has 1 amide bonds. The number of Topliss-reactive ketones (excluding diaryl/α,β-unsaturated/α-hetero) is 1. The van der Waals surface area contributed by atoms with E-state index in [0.29, 0.717) is 43.4 Å². The maximum atomic E-state index is 12.7. The number of aliphatic carboxylic acids is 2. The maximum absolute atomic E-state index is 12.7. The Bertz CT molecular complexity index is 1190. The number of anilines is 2. The minimum atomic E-state index is -1.47. The number of rotatable bonds is 11. The van der Waals surface area contributed by atoms with Gasteiger partial charge in [0.25, 0.3) is 5.56 Å². The Morgan fingerprint density at radius 1 is 1.26 bits per heavy atom. The van der Waals surface area contributed by atoms with Crippen LogP contribution in [-0.2, 0) is 27.2 Å². The van der Waals surface area contributed by atoms with Gasteiger partial charge >= 0.3 is 11.9 Å². The summed E-state index contributed by atoms with van der Waals surface area (Å²) in [6.45, 7) is 1.38. The van der Waals surface area contributed by atoms with Crippen molar-refractivity contribution in [1.82, 2.24) is 9.97 Å². The Labute approximate surface area is 201 Å². The largest absolute Gasteiger partial charge is 0.481 e. The lowest BCUT2D eigenvalue weighted by Gasteiger charge is -2.33. The fraction of sp³-hybridized carbons (Fsp3) is 0.417. The van der Waals surface area contributed by atoms with Gasteiger partial charge in [-0.2, -0.15) is 0 Å². The molecule has 0 saturated heterocycles. The Balaban J connectivity index is 1.65. The van der Waals surface area contributed by atoms with E-state index in [2.05, 4.69) is 9.97 Å². The van der Waals surface area contributed by atoms with Crippen LogP contribution in [0.15, 0.2) is 29.1 Å². The average molecular weight is 485 g/mol. The van der Waals surface area contributed by atoms with Gasteiger partial charge in [0.1, 0.15) is 5.69 Å². The number of hydrogen-bond donors (Lipinski definition) is 4. The summed E-state index contributed by atoms with van der Waals surface area (Å²) >= 11 is 0. The summed E-state index contributed by atoms with van der Waals surface area (Å²) in [6.07, 6.45) is 2.15. The number of carbonyl (C=O) groups excluding carboxylic acids is 2. The molecule has 1 aliphatic rings. The predicted octanol–water partition coefficient (Wildman–Crippen LogP) is 1.79. The van der Waals surface area contributed by atoms with E-state index in [1.807, 2.05) is 0 Å². The molecule has 1 aliphatic heterocycles. The summed E-state index contributed by atoms with van der Waals surface area (Å²) in [5.41, 5.74) is 5.64. The van der Waals surface area contributed by atoms with E-state index >= 15 is 0 Å². The molecule has 5 N–H and O–H groups in total. The van der Waals surface area contributed by atoms with Crippen LogP contribution in [0.3, 0.4) is 0 Å². The number of carboxylic acids is 2. The highest BCUT2D eigenvalue weighted by atomic mass is 16.4. The SMILES string of the molecule is CC(CCC(=O)O)(CC(=O)c1ccc(CCC2CCc3nc(N)[nH]c(=O)c3N2C=O)cc1)C(=O)O. The zero-order chi connectivity index (χ0) is 25.8. The van der Waals surface area contributed by atoms with E-state index in [1.54, 1.807) is 24.3 Å². The smallest absolute Gasteiger partial charge is 0.309 e. The van der Waals surface area contributed by atoms with Gasteiger partial charge in [-0.05, 0) is 44.6 Å². The fourth-order valence-electron chi connectivity index (χ4n) is 4.32. The second-order valence-corrected chi connectivity index (χ2v) is 9.05. The molecule has 35 heavy (non-hydrogen) atoms. The number of aromatic amines is 1. The number of aryl methyl sites for hydroxylation is 2. The summed E-state index contributed by atoms with van der Waals surface area (Å²) in [5.74, 6) is -2.70. The molecule has 0 spiro atoms. The first-order chi connectivity index (χ1) is 16.5. The molecular weight excluding hydrogens is 456 g/mol. The van der Waals surface area contributed by atoms with E-state index < -0.39 is 22.9 Å². The second-order valence-electron chi connectivity index (χ2n) is 9.05. The standard InChI is InChI=1S/C24H28N4O7/c1-24(22(34)35,11-10-19(31)32)12-18(30)15-5-2-14(3-6-15)4-7-16-8-9-17-20(28(16)13-29)21(33)27-23(25)26-17/h2-3,5-6,13,16H,4,7-12H2,1H3,(H,31,32)(H,34,35)(H3,25,26,27,33). The molecule has 0 radical (unpaired) electrons. The Morgan fingerprint density at radius 2 is 1.94 bits per heavy atom. The highest BCUT2D eigenvalue weighted by Gasteiger charge is 2.36. The van der Waals surface area contributed by atoms with Gasteiger partial charge in [0.05, 0.1) is 11.1 Å². The number of hydrogen-bond acceptors (Lipinski definition) is 7. The van der Waals surface area contributed by atoms with Crippen molar-refractivity contribution in [3.05, 3.63) is 51.4 Å². The number of aromatic nitrogens is 2. The Kier molecular flexibility index (Phi) is 7.68.